The Hall–Kier alpha value is -4.67. The molecule has 0 saturated heterocycles. The maximum Gasteiger partial charge on any atom is 0.201 e. The highest BCUT2D eigenvalue weighted by molar-refractivity contribution is 6.03. The highest BCUT2D eigenvalue weighted by atomic mass is 16.3. The number of fused-ring (bicyclic) bond motifs is 1. The molecule has 3 N–H and O–H groups in total. The summed E-state index contributed by atoms with van der Waals surface area (Å²) < 4.78 is 0. The summed E-state index contributed by atoms with van der Waals surface area (Å²) in [7, 11) is 0. The van der Waals surface area contributed by atoms with Gasteiger partial charge in [-0.15, -0.1) is 0 Å². The molecule has 0 aromatic heterocycles. The molecule has 0 aliphatic carbocycles. The van der Waals surface area contributed by atoms with Crippen molar-refractivity contribution in [1.29, 1.82) is 0 Å². The van der Waals surface area contributed by atoms with Gasteiger partial charge in [0.1, 0.15) is 0 Å². The monoisotopic (exact) mass is 528 g/mol. The lowest BCUT2D eigenvalue weighted by atomic mass is 9.88. The zero-order valence-electron chi connectivity index (χ0n) is 23.1. The Morgan fingerprint density at radius 1 is 0.825 bits per heavy atom. The molecule has 40 heavy (non-hydrogen) atoms. The van der Waals surface area contributed by atoms with Gasteiger partial charge in [0.15, 0.2) is 0 Å². The first-order valence-corrected chi connectivity index (χ1v) is 13.7. The van der Waals surface area contributed by atoms with Crippen LogP contribution in [0.3, 0.4) is 0 Å². The molecule has 0 spiro atoms. The number of aryl methyl sites for hydroxylation is 1. The van der Waals surface area contributed by atoms with E-state index in [1.165, 1.54) is 5.56 Å². The summed E-state index contributed by atoms with van der Waals surface area (Å²) in [5.41, 5.74) is 6.17. The number of rotatable bonds is 11. The highest BCUT2D eigenvalue weighted by Crippen LogP contribution is 2.38. The SMILES string of the molecule is C\C=C/C=C\C=C(/CO)N/C=C(/c1ccccc1CCC)c1c(Nc2cccccc2=O)ccc2ccccc12. The summed E-state index contributed by atoms with van der Waals surface area (Å²) in [6.07, 6.45) is 13.5. The van der Waals surface area contributed by atoms with Crippen LogP contribution in [0.25, 0.3) is 16.3 Å². The van der Waals surface area contributed by atoms with E-state index in [0.29, 0.717) is 11.4 Å². The van der Waals surface area contributed by atoms with E-state index in [9.17, 15) is 9.90 Å². The Labute approximate surface area is 236 Å². The summed E-state index contributed by atoms with van der Waals surface area (Å²) in [5, 5.41) is 19.1. The fourth-order valence-corrected chi connectivity index (χ4v) is 4.66. The maximum atomic E-state index is 12.8. The first-order chi connectivity index (χ1) is 19.7. The predicted molar refractivity (Wildman–Crippen MR) is 170 cm³/mol. The molecule has 4 heteroatoms. The molecule has 202 valence electrons. The van der Waals surface area contributed by atoms with E-state index in [1.54, 1.807) is 18.2 Å². The van der Waals surface area contributed by atoms with Crippen LogP contribution in [0.4, 0.5) is 11.4 Å². The second kappa shape index (κ2) is 14.5. The molecule has 4 aromatic carbocycles. The fourth-order valence-electron chi connectivity index (χ4n) is 4.66. The minimum absolute atomic E-state index is 0.0856. The van der Waals surface area contributed by atoms with E-state index in [-0.39, 0.29) is 12.0 Å². The Kier molecular flexibility index (Phi) is 10.3. The molecule has 4 nitrogen and oxygen atoms in total. The van der Waals surface area contributed by atoms with Crippen LogP contribution >= 0.6 is 0 Å². The van der Waals surface area contributed by atoms with Gasteiger partial charge in [-0.2, -0.15) is 0 Å². The molecular weight excluding hydrogens is 492 g/mol. The van der Waals surface area contributed by atoms with Gasteiger partial charge in [-0.05, 0) is 59.5 Å². The topological polar surface area (TPSA) is 61.4 Å². The van der Waals surface area contributed by atoms with Gasteiger partial charge in [-0.1, -0.05) is 110 Å². The summed E-state index contributed by atoms with van der Waals surface area (Å²) in [5.74, 6) is 0. The van der Waals surface area contributed by atoms with Crippen LogP contribution in [-0.2, 0) is 6.42 Å². The van der Waals surface area contributed by atoms with Crippen molar-refractivity contribution in [2.24, 2.45) is 0 Å². The smallest absolute Gasteiger partial charge is 0.201 e. The molecule has 0 saturated carbocycles. The van der Waals surface area contributed by atoms with Gasteiger partial charge in [-0.3, -0.25) is 4.79 Å². The van der Waals surface area contributed by atoms with E-state index in [1.807, 2.05) is 73.8 Å². The van der Waals surface area contributed by atoms with Crippen LogP contribution in [0.5, 0.6) is 0 Å². The van der Waals surface area contributed by atoms with Crippen molar-refractivity contribution < 1.29 is 5.11 Å². The summed E-state index contributed by atoms with van der Waals surface area (Å²) >= 11 is 0. The normalized spacial score (nSPS) is 12.4. The van der Waals surface area contributed by atoms with Gasteiger partial charge in [0.2, 0.25) is 5.43 Å². The highest BCUT2D eigenvalue weighted by Gasteiger charge is 2.17. The largest absolute Gasteiger partial charge is 0.390 e. The molecule has 0 heterocycles. The van der Waals surface area contributed by atoms with Gasteiger partial charge in [-0.25, -0.2) is 0 Å². The van der Waals surface area contributed by atoms with Crippen molar-refractivity contribution in [1.82, 2.24) is 5.32 Å². The molecule has 0 bridgehead atoms. The number of hydrogen-bond donors (Lipinski definition) is 3. The quantitative estimate of drug-likeness (QED) is 0.173. The summed E-state index contributed by atoms with van der Waals surface area (Å²) in [6, 6.07) is 29.6. The van der Waals surface area contributed by atoms with Crippen LogP contribution < -0.4 is 16.1 Å². The predicted octanol–water partition coefficient (Wildman–Crippen LogP) is 7.88. The first-order valence-electron chi connectivity index (χ1n) is 13.7. The lowest BCUT2D eigenvalue weighted by Gasteiger charge is -2.20. The van der Waals surface area contributed by atoms with Crippen LogP contribution in [-0.4, -0.2) is 11.7 Å². The van der Waals surface area contributed by atoms with Crippen molar-refractivity contribution in [3.8, 4) is 0 Å². The Bertz CT molecular complexity index is 1630. The van der Waals surface area contributed by atoms with Gasteiger partial charge in [0, 0.05) is 28.7 Å². The van der Waals surface area contributed by atoms with Crippen LogP contribution in [0.1, 0.15) is 37.0 Å². The number of allylic oxidation sites excluding steroid dienone is 5. The molecule has 0 fully saturated rings. The fraction of sp³-hybridized carbons (Fsp3) is 0.139. The second-order valence-electron chi connectivity index (χ2n) is 9.39. The number of hydrogen-bond acceptors (Lipinski definition) is 4. The molecule has 0 amide bonds. The summed E-state index contributed by atoms with van der Waals surface area (Å²) in [6.45, 7) is 4.00. The minimum atomic E-state index is -0.138. The third kappa shape index (κ3) is 7.04. The number of benzene rings is 3. The van der Waals surface area contributed by atoms with E-state index in [0.717, 1.165) is 46.0 Å². The van der Waals surface area contributed by atoms with Crippen LogP contribution in [0, 0.1) is 0 Å². The molecule has 0 atom stereocenters. The molecule has 4 rings (SSSR count). The lowest BCUT2D eigenvalue weighted by Crippen LogP contribution is -2.12. The van der Waals surface area contributed by atoms with E-state index >= 15 is 0 Å². The average Bonchev–Trinajstić information content (AvgIpc) is 3.19. The van der Waals surface area contributed by atoms with Gasteiger partial charge in [0.25, 0.3) is 0 Å². The Balaban J connectivity index is 1.97. The number of aliphatic hydroxyl groups excluding tert-OH is 1. The van der Waals surface area contributed by atoms with E-state index in [4.69, 9.17) is 0 Å². The van der Waals surface area contributed by atoms with Crippen molar-refractivity contribution in [3.05, 3.63) is 160 Å². The molecule has 0 radical (unpaired) electrons. The van der Waals surface area contributed by atoms with E-state index in [2.05, 4.69) is 60.0 Å². The molecule has 0 unspecified atom stereocenters. The van der Waals surface area contributed by atoms with Gasteiger partial charge in [0.05, 0.1) is 12.3 Å². The van der Waals surface area contributed by atoms with Crippen LogP contribution in [0.15, 0.2) is 138 Å². The van der Waals surface area contributed by atoms with E-state index < -0.39 is 0 Å². The second-order valence-corrected chi connectivity index (χ2v) is 9.39. The van der Waals surface area contributed by atoms with Gasteiger partial charge < -0.3 is 15.7 Å². The third-order valence-electron chi connectivity index (χ3n) is 6.58. The molecule has 0 aliphatic rings. The number of nitrogens with one attached hydrogen (secondary N) is 2. The van der Waals surface area contributed by atoms with Crippen LogP contribution in [0.2, 0.25) is 0 Å². The lowest BCUT2D eigenvalue weighted by molar-refractivity contribution is 0.325. The molecule has 0 aliphatic heterocycles. The summed E-state index contributed by atoms with van der Waals surface area (Å²) in [4.78, 5) is 12.8. The number of anilines is 2. The van der Waals surface area contributed by atoms with Crippen molar-refractivity contribution in [2.75, 3.05) is 11.9 Å². The first kappa shape index (κ1) is 28.3. The van der Waals surface area contributed by atoms with Crippen molar-refractivity contribution >= 4 is 27.7 Å². The molecule has 4 aromatic rings. The van der Waals surface area contributed by atoms with Crippen molar-refractivity contribution in [3.63, 3.8) is 0 Å². The number of aliphatic hydroxyl groups is 1. The average molecular weight is 529 g/mol. The molecular formula is C36H36N2O2. The van der Waals surface area contributed by atoms with Crippen molar-refractivity contribution in [2.45, 2.75) is 26.7 Å². The maximum absolute atomic E-state index is 12.8. The third-order valence-corrected chi connectivity index (χ3v) is 6.58. The van der Waals surface area contributed by atoms with Gasteiger partial charge >= 0.3 is 0 Å². The zero-order valence-corrected chi connectivity index (χ0v) is 23.1. The zero-order chi connectivity index (χ0) is 28.2. The Morgan fingerprint density at radius 2 is 1.60 bits per heavy atom. The standard InChI is InChI=1S/C36H36N2O2/c1-3-5-6-8-18-29(26-39)37-25-32(30-19-13-11-16-27(30)15-4-2)36-31-20-14-12-17-28(31)23-24-34(36)38-33-21-9-7-10-22-35(33)40/h3,5-14,16-25,37,39H,4,15,26H2,1-2H3,(H,38,40)/b5-3-,8-6-,29-18+,32-25-. The minimum Gasteiger partial charge on any atom is -0.390 e. The Morgan fingerprint density at radius 3 is 2.42 bits per heavy atom.